The number of halogens is 1. The fraction of sp³-hybridized carbons (Fsp3) is 0.200. The summed E-state index contributed by atoms with van der Waals surface area (Å²) < 4.78 is 39.5. The van der Waals surface area contributed by atoms with Gasteiger partial charge >= 0.3 is 0 Å². The Morgan fingerprint density at radius 2 is 1.76 bits per heavy atom. The normalized spacial score (nSPS) is 13.3. The maximum Gasteiger partial charge on any atom is 0.243 e. The van der Waals surface area contributed by atoms with Crippen molar-refractivity contribution in [3.63, 3.8) is 0 Å². The fourth-order valence-electron chi connectivity index (χ4n) is 2.00. The predicted molar refractivity (Wildman–Crippen MR) is 80.6 cm³/mol. The van der Waals surface area contributed by atoms with Crippen LogP contribution in [0.2, 0.25) is 0 Å². The van der Waals surface area contributed by atoms with Gasteiger partial charge in [-0.25, -0.2) is 12.8 Å². The van der Waals surface area contributed by atoms with E-state index >= 15 is 0 Å². The van der Waals surface area contributed by atoms with E-state index in [-0.39, 0.29) is 16.6 Å². The molecule has 0 saturated heterocycles. The van der Waals surface area contributed by atoms with Crippen molar-refractivity contribution in [1.82, 2.24) is 4.31 Å². The van der Waals surface area contributed by atoms with Crippen molar-refractivity contribution in [2.75, 3.05) is 12.8 Å². The second-order valence-corrected chi connectivity index (χ2v) is 6.79. The number of rotatable bonds is 4. The lowest BCUT2D eigenvalue weighted by Crippen LogP contribution is -2.29. The first-order chi connectivity index (χ1) is 9.84. The van der Waals surface area contributed by atoms with Crippen LogP contribution in [0.1, 0.15) is 18.5 Å². The predicted octanol–water partition coefficient (Wildman–Crippen LogP) is 2.79. The molecule has 2 aromatic rings. The van der Waals surface area contributed by atoms with Crippen molar-refractivity contribution < 1.29 is 12.8 Å². The molecule has 0 fully saturated rings. The van der Waals surface area contributed by atoms with E-state index in [4.69, 9.17) is 5.73 Å². The van der Waals surface area contributed by atoms with Crippen molar-refractivity contribution in [1.29, 1.82) is 0 Å². The van der Waals surface area contributed by atoms with Gasteiger partial charge in [0.2, 0.25) is 10.0 Å². The molecule has 0 bridgehead atoms. The van der Waals surface area contributed by atoms with Gasteiger partial charge in [-0.05, 0) is 30.7 Å². The lowest BCUT2D eigenvalue weighted by Gasteiger charge is -2.24. The molecule has 21 heavy (non-hydrogen) atoms. The SMILES string of the molecule is CC(c1ccccc1)N(C)S(=O)(=O)c1ccc(F)c(N)c1. The highest BCUT2D eigenvalue weighted by atomic mass is 32.2. The Kier molecular flexibility index (Phi) is 4.29. The summed E-state index contributed by atoms with van der Waals surface area (Å²) in [6.45, 7) is 1.79. The first-order valence-electron chi connectivity index (χ1n) is 6.42. The minimum Gasteiger partial charge on any atom is -0.396 e. The average molecular weight is 308 g/mol. The van der Waals surface area contributed by atoms with Crippen molar-refractivity contribution in [2.24, 2.45) is 0 Å². The van der Waals surface area contributed by atoms with Crippen LogP contribution in [0.4, 0.5) is 10.1 Å². The van der Waals surface area contributed by atoms with E-state index < -0.39 is 15.8 Å². The summed E-state index contributed by atoms with van der Waals surface area (Å²) in [5.74, 6) is -0.632. The highest BCUT2D eigenvalue weighted by molar-refractivity contribution is 7.89. The minimum atomic E-state index is -3.74. The van der Waals surface area contributed by atoms with Crippen LogP contribution in [-0.2, 0) is 10.0 Å². The summed E-state index contributed by atoms with van der Waals surface area (Å²) in [6.07, 6.45) is 0. The first-order valence-corrected chi connectivity index (χ1v) is 7.86. The number of hydrogen-bond acceptors (Lipinski definition) is 3. The van der Waals surface area contributed by atoms with Crippen molar-refractivity contribution in [3.8, 4) is 0 Å². The summed E-state index contributed by atoms with van der Waals surface area (Å²) in [5.41, 5.74) is 6.14. The molecule has 0 aliphatic carbocycles. The Balaban J connectivity index is 2.36. The molecule has 2 N–H and O–H groups in total. The molecule has 6 heteroatoms. The number of anilines is 1. The number of nitrogens with two attached hydrogens (primary N) is 1. The lowest BCUT2D eigenvalue weighted by molar-refractivity contribution is 0.398. The molecule has 0 spiro atoms. The molecular formula is C15H17FN2O2S. The molecule has 0 aliphatic heterocycles. The number of sulfonamides is 1. The summed E-state index contributed by atoms with van der Waals surface area (Å²) in [7, 11) is -2.25. The zero-order valence-electron chi connectivity index (χ0n) is 11.8. The van der Waals surface area contributed by atoms with Crippen LogP contribution >= 0.6 is 0 Å². The van der Waals surface area contributed by atoms with Crippen molar-refractivity contribution in [2.45, 2.75) is 17.9 Å². The standard InChI is InChI=1S/C15H17FN2O2S/c1-11(12-6-4-3-5-7-12)18(2)21(19,20)13-8-9-14(16)15(17)10-13/h3-11H,17H2,1-2H3. The third kappa shape index (κ3) is 3.06. The van der Waals surface area contributed by atoms with Crippen LogP contribution in [0.25, 0.3) is 0 Å². The van der Waals surface area contributed by atoms with E-state index in [1.807, 2.05) is 30.3 Å². The third-order valence-electron chi connectivity index (χ3n) is 3.47. The maximum absolute atomic E-state index is 13.2. The molecule has 1 atom stereocenters. The van der Waals surface area contributed by atoms with Crippen LogP contribution < -0.4 is 5.73 Å². The number of nitrogens with zero attached hydrogens (tertiary/aromatic N) is 1. The Bertz CT molecular complexity index is 733. The third-order valence-corrected chi connectivity index (χ3v) is 5.40. The molecule has 1 unspecified atom stereocenters. The molecular weight excluding hydrogens is 291 g/mol. The topological polar surface area (TPSA) is 63.4 Å². The van der Waals surface area contributed by atoms with Gasteiger partial charge in [0.15, 0.2) is 0 Å². The van der Waals surface area contributed by atoms with Crippen molar-refractivity contribution in [3.05, 3.63) is 59.9 Å². The summed E-state index contributed by atoms with van der Waals surface area (Å²) in [4.78, 5) is -0.0216. The minimum absolute atomic E-state index is 0.0216. The highest BCUT2D eigenvalue weighted by Gasteiger charge is 2.26. The van der Waals surface area contributed by atoms with Gasteiger partial charge in [0.05, 0.1) is 10.6 Å². The Hall–Kier alpha value is -1.92. The molecule has 0 radical (unpaired) electrons. The van der Waals surface area contributed by atoms with Gasteiger partial charge in [0, 0.05) is 13.1 Å². The van der Waals surface area contributed by atoms with Gasteiger partial charge in [-0.2, -0.15) is 4.31 Å². The van der Waals surface area contributed by atoms with E-state index in [1.54, 1.807) is 6.92 Å². The molecule has 0 aliphatic rings. The van der Waals surface area contributed by atoms with Gasteiger partial charge in [-0.15, -0.1) is 0 Å². The van der Waals surface area contributed by atoms with E-state index in [0.717, 1.165) is 17.7 Å². The van der Waals surface area contributed by atoms with E-state index in [1.165, 1.54) is 17.4 Å². The smallest absolute Gasteiger partial charge is 0.243 e. The molecule has 2 rings (SSSR count). The molecule has 2 aromatic carbocycles. The molecule has 0 amide bonds. The number of hydrogen-bond donors (Lipinski definition) is 1. The second-order valence-electron chi connectivity index (χ2n) is 4.79. The Morgan fingerprint density at radius 3 is 2.33 bits per heavy atom. The molecule has 112 valence electrons. The van der Waals surface area contributed by atoms with Crippen LogP contribution in [0, 0.1) is 5.82 Å². The van der Waals surface area contributed by atoms with Gasteiger partial charge in [0.1, 0.15) is 5.82 Å². The first kappa shape index (κ1) is 15.5. The quantitative estimate of drug-likeness (QED) is 0.883. The van der Waals surface area contributed by atoms with Crippen LogP contribution in [-0.4, -0.2) is 19.8 Å². The summed E-state index contributed by atoms with van der Waals surface area (Å²) in [6, 6.07) is 12.3. The number of nitrogen functional groups attached to an aromatic ring is 1. The maximum atomic E-state index is 13.2. The largest absolute Gasteiger partial charge is 0.396 e. The van der Waals surface area contributed by atoms with Gasteiger partial charge in [-0.1, -0.05) is 30.3 Å². The van der Waals surface area contributed by atoms with Gasteiger partial charge < -0.3 is 5.73 Å². The van der Waals surface area contributed by atoms with Crippen LogP contribution in [0.5, 0.6) is 0 Å². The fourth-order valence-corrected chi connectivity index (χ4v) is 3.38. The van der Waals surface area contributed by atoms with E-state index in [9.17, 15) is 12.8 Å². The van der Waals surface area contributed by atoms with Crippen molar-refractivity contribution >= 4 is 15.7 Å². The molecule has 0 heterocycles. The monoisotopic (exact) mass is 308 g/mol. The zero-order chi connectivity index (χ0) is 15.6. The van der Waals surface area contributed by atoms with Crippen LogP contribution in [0.15, 0.2) is 53.4 Å². The average Bonchev–Trinajstić information content (AvgIpc) is 2.49. The van der Waals surface area contributed by atoms with Gasteiger partial charge in [0.25, 0.3) is 0 Å². The van der Waals surface area contributed by atoms with Gasteiger partial charge in [-0.3, -0.25) is 0 Å². The molecule has 0 aromatic heterocycles. The zero-order valence-corrected chi connectivity index (χ0v) is 12.6. The van der Waals surface area contributed by atoms with E-state index in [2.05, 4.69) is 0 Å². The second kappa shape index (κ2) is 5.83. The lowest BCUT2D eigenvalue weighted by atomic mass is 10.1. The van der Waals surface area contributed by atoms with E-state index in [0.29, 0.717) is 0 Å². The van der Waals surface area contributed by atoms with Crippen LogP contribution in [0.3, 0.4) is 0 Å². The molecule has 0 saturated carbocycles. The Morgan fingerprint density at radius 1 is 1.14 bits per heavy atom. The number of benzene rings is 2. The summed E-state index contributed by atoms with van der Waals surface area (Å²) in [5, 5.41) is 0. The Labute approximate surface area is 124 Å². The molecule has 4 nitrogen and oxygen atoms in total. The summed E-state index contributed by atoms with van der Waals surface area (Å²) >= 11 is 0. The highest BCUT2D eigenvalue weighted by Crippen LogP contribution is 2.26.